The van der Waals surface area contributed by atoms with E-state index in [1.165, 1.54) is 42.2 Å². The first-order valence-corrected chi connectivity index (χ1v) is 13.5. The summed E-state index contributed by atoms with van der Waals surface area (Å²) in [6.45, 7) is 6.08. The van der Waals surface area contributed by atoms with E-state index in [1.807, 2.05) is 13.0 Å². The van der Waals surface area contributed by atoms with Crippen LogP contribution in [0.3, 0.4) is 0 Å². The van der Waals surface area contributed by atoms with Gasteiger partial charge in [0, 0.05) is 17.6 Å². The molecule has 0 aliphatic carbocycles. The van der Waals surface area contributed by atoms with E-state index >= 15 is 0 Å². The molecule has 10 heteroatoms. The molecule has 0 aliphatic rings. The van der Waals surface area contributed by atoms with Gasteiger partial charge in [-0.2, -0.15) is 5.26 Å². The number of sulfonamides is 1. The van der Waals surface area contributed by atoms with Crippen LogP contribution in [0.1, 0.15) is 38.4 Å². The highest BCUT2D eigenvalue weighted by Gasteiger charge is 2.22. The van der Waals surface area contributed by atoms with Crippen LogP contribution in [-0.2, 0) is 21.2 Å². The normalized spacial score (nSPS) is 12.1. The summed E-state index contributed by atoms with van der Waals surface area (Å²) in [6.07, 6.45) is 2.80. The van der Waals surface area contributed by atoms with Gasteiger partial charge in [-0.05, 0) is 67.3 Å². The molecule has 2 heterocycles. The van der Waals surface area contributed by atoms with Crippen LogP contribution in [0.2, 0.25) is 0 Å². The van der Waals surface area contributed by atoms with E-state index in [0.29, 0.717) is 28.6 Å². The third-order valence-electron chi connectivity index (χ3n) is 4.91. The fraction of sp³-hybridized carbons (Fsp3) is 0.280. The molecule has 0 bridgehead atoms. The molecule has 0 aliphatic heterocycles. The van der Waals surface area contributed by atoms with Crippen molar-refractivity contribution in [1.82, 2.24) is 9.97 Å². The Kier molecular flexibility index (Phi) is 8.84. The van der Waals surface area contributed by atoms with Gasteiger partial charge in [-0.3, -0.25) is 9.52 Å². The van der Waals surface area contributed by atoms with E-state index in [-0.39, 0.29) is 16.6 Å². The van der Waals surface area contributed by atoms with E-state index in [4.69, 9.17) is 0 Å². The summed E-state index contributed by atoms with van der Waals surface area (Å²) < 4.78 is 27.6. The quantitative estimate of drug-likeness (QED) is 0.374. The van der Waals surface area contributed by atoms with Crippen LogP contribution >= 0.6 is 11.8 Å². The largest absolute Gasteiger partial charge is 0.325 e. The molecule has 182 valence electrons. The third-order valence-corrected chi connectivity index (χ3v) is 7.65. The molecular formula is C25H27N5O3S2. The van der Waals surface area contributed by atoms with Gasteiger partial charge in [0.1, 0.15) is 16.9 Å². The number of nitrogens with zero attached hydrogens (tertiary/aromatic N) is 3. The maximum atomic E-state index is 13.0. The molecule has 2 aromatic heterocycles. The van der Waals surface area contributed by atoms with Crippen LogP contribution in [0.4, 0.5) is 11.5 Å². The minimum atomic E-state index is -3.81. The SMILES string of the molecule is CCC(Sc1nc(CC(C)C)ccc1C#N)C(=O)Nc1ccc(S(=O)(=O)Nc2ccccn2)cc1. The van der Waals surface area contributed by atoms with Gasteiger partial charge in [0.25, 0.3) is 10.0 Å². The molecule has 0 saturated carbocycles. The maximum Gasteiger partial charge on any atom is 0.263 e. The van der Waals surface area contributed by atoms with Gasteiger partial charge in [-0.25, -0.2) is 18.4 Å². The zero-order valence-corrected chi connectivity index (χ0v) is 21.4. The molecule has 2 N–H and O–H groups in total. The number of nitrogens with one attached hydrogen (secondary N) is 2. The van der Waals surface area contributed by atoms with Crippen molar-refractivity contribution in [3.8, 4) is 6.07 Å². The number of hydrogen-bond acceptors (Lipinski definition) is 7. The van der Waals surface area contributed by atoms with E-state index in [2.05, 4.69) is 39.9 Å². The number of carbonyl (C=O) groups excluding carboxylic acids is 1. The number of aromatic nitrogens is 2. The average Bonchev–Trinajstić information content (AvgIpc) is 2.83. The smallest absolute Gasteiger partial charge is 0.263 e. The number of pyridine rings is 2. The molecule has 0 radical (unpaired) electrons. The molecule has 0 fully saturated rings. The van der Waals surface area contributed by atoms with Crippen LogP contribution < -0.4 is 10.0 Å². The molecule has 8 nitrogen and oxygen atoms in total. The summed E-state index contributed by atoms with van der Waals surface area (Å²) in [6, 6.07) is 16.6. The first-order chi connectivity index (χ1) is 16.7. The molecule has 0 spiro atoms. The van der Waals surface area contributed by atoms with Crippen LogP contribution in [0.15, 0.2) is 70.7 Å². The topological polar surface area (TPSA) is 125 Å². The Morgan fingerprint density at radius 1 is 1.11 bits per heavy atom. The Bertz CT molecular complexity index is 1310. The Balaban J connectivity index is 1.70. The number of nitriles is 1. The lowest BCUT2D eigenvalue weighted by molar-refractivity contribution is -0.115. The van der Waals surface area contributed by atoms with Crippen molar-refractivity contribution in [3.63, 3.8) is 0 Å². The second kappa shape index (κ2) is 11.8. The maximum absolute atomic E-state index is 13.0. The van der Waals surface area contributed by atoms with Crippen molar-refractivity contribution in [2.24, 2.45) is 5.92 Å². The van der Waals surface area contributed by atoms with Crippen LogP contribution in [0.5, 0.6) is 0 Å². The highest BCUT2D eigenvalue weighted by atomic mass is 32.2. The van der Waals surface area contributed by atoms with Crippen molar-refractivity contribution in [1.29, 1.82) is 5.26 Å². The lowest BCUT2D eigenvalue weighted by Crippen LogP contribution is -2.25. The minimum Gasteiger partial charge on any atom is -0.325 e. The molecule has 3 aromatic rings. The standard InChI is InChI=1S/C25H27N5O3S2/c1-4-22(34-25-18(16-26)8-9-20(29-25)15-17(2)3)24(31)28-19-10-12-21(13-11-19)35(32,33)30-23-7-5-6-14-27-23/h5-14,17,22H,4,15H2,1-3H3,(H,27,30)(H,28,31). The molecular weight excluding hydrogens is 482 g/mol. The predicted molar refractivity (Wildman–Crippen MR) is 138 cm³/mol. The van der Waals surface area contributed by atoms with Crippen molar-refractivity contribution >= 4 is 39.2 Å². The van der Waals surface area contributed by atoms with Gasteiger partial charge in [0.2, 0.25) is 5.91 Å². The fourth-order valence-electron chi connectivity index (χ4n) is 3.20. The van der Waals surface area contributed by atoms with Crippen molar-refractivity contribution < 1.29 is 13.2 Å². The molecule has 1 atom stereocenters. The number of anilines is 2. The van der Waals surface area contributed by atoms with Crippen molar-refractivity contribution in [2.45, 2.75) is 48.8 Å². The highest BCUT2D eigenvalue weighted by Crippen LogP contribution is 2.29. The predicted octanol–water partition coefficient (Wildman–Crippen LogP) is 4.86. The lowest BCUT2D eigenvalue weighted by atomic mass is 10.1. The van der Waals surface area contributed by atoms with Crippen LogP contribution in [-0.4, -0.2) is 29.5 Å². The number of benzene rings is 1. The van der Waals surface area contributed by atoms with Gasteiger partial charge in [-0.15, -0.1) is 0 Å². The van der Waals surface area contributed by atoms with E-state index in [1.54, 1.807) is 24.3 Å². The fourth-order valence-corrected chi connectivity index (χ4v) is 5.22. The Morgan fingerprint density at radius 3 is 2.46 bits per heavy atom. The van der Waals surface area contributed by atoms with Gasteiger partial charge in [0.05, 0.1) is 15.7 Å². The summed E-state index contributed by atoms with van der Waals surface area (Å²) in [5, 5.41) is 12.4. The van der Waals surface area contributed by atoms with Gasteiger partial charge in [-0.1, -0.05) is 38.6 Å². The second-order valence-corrected chi connectivity index (χ2v) is 11.1. The monoisotopic (exact) mass is 509 g/mol. The Labute approximate surface area is 210 Å². The highest BCUT2D eigenvalue weighted by molar-refractivity contribution is 8.00. The molecule has 35 heavy (non-hydrogen) atoms. The van der Waals surface area contributed by atoms with Gasteiger partial charge < -0.3 is 5.32 Å². The number of carbonyl (C=O) groups is 1. The second-order valence-electron chi connectivity index (χ2n) is 8.21. The van der Waals surface area contributed by atoms with Crippen molar-refractivity contribution in [2.75, 3.05) is 10.0 Å². The first kappa shape index (κ1) is 26.2. The average molecular weight is 510 g/mol. The summed E-state index contributed by atoms with van der Waals surface area (Å²) >= 11 is 1.26. The third kappa shape index (κ3) is 7.28. The summed E-state index contributed by atoms with van der Waals surface area (Å²) in [5.74, 6) is 0.389. The van der Waals surface area contributed by atoms with Crippen molar-refractivity contribution in [3.05, 3.63) is 72.1 Å². The van der Waals surface area contributed by atoms with Crippen LogP contribution in [0.25, 0.3) is 0 Å². The van der Waals surface area contributed by atoms with Gasteiger partial charge >= 0.3 is 0 Å². The minimum absolute atomic E-state index is 0.0485. The molecule has 0 saturated heterocycles. The zero-order chi connectivity index (χ0) is 25.4. The molecule has 3 rings (SSSR count). The number of rotatable bonds is 10. The summed E-state index contributed by atoms with van der Waals surface area (Å²) in [5.41, 5.74) is 1.78. The number of thioether (sulfide) groups is 1. The van der Waals surface area contributed by atoms with E-state index < -0.39 is 15.3 Å². The molecule has 1 aromatic carbocycles. The summed E-state index contributed by atoms with van der Waals surface area (Å²) in [7, 11) is -3.81. The zero-order valence-electron chi connectivity index (χ0n) is 19.7. The van der Waals surface area contributed by atoms with Crippen LogP contribution in [0, 0.1) is 17.2 Å². The lowest BCUT2D eigenvalue weighted by Gasteiger charge is -2.16. The molecule has 1 amide bonds. The number of hydrogen-bond donors (Lipinski definition) is 2. The van der Waals surface area contributed by atoms with Gasteiger partial charge in [0.15, 0.2) is 0 Å². The Hall–Kier alpha value is -3.42. The molecule has 1 unspecified atom stereocenters. The number of amides is 1. The van der Waals surface area contributed by atoms with E-state index in [9.17, 15) is 18.5 Å². The van der Waals surface area contributed by atoms with E-state index in [0.717, 1.165) is 12.1 Å². The summed E-state index contributed by atoms with van der Waals surface area (Å²) in [4.78, 5) is 21.6. The first-order valence-electron chi connectivity index (χ1n) is 11.1. The Morgan fingerprint density at radius 2 is 1.86 bits per heavy atom.